The molecular formula is C21H21N3O2S. The van der Waals surface area contributed by atoms with E-state index in [1.165, 1.54) is 4.90 Å². The number of carbonyl (C=O) groups is 1. The first-order valence-corrected chi connectivity index (χ1v) is 9.54. The number of hydrogen-bond acceptors (Lipinski definition) is 4. The van der Waals surface area contributed by atoms with Gasteiger partial charge in [0, 0.05) is 27.8 Å². The zero-order chi connectivity index (χ0) is 19.2. The Morgan fingerprint density at radius 2 is 1.93 bits per heavy atom. The first kappa shape index (κ1) is 17.5. The van der Waals surface area contributed by atoms with Crippen molar-refractivity contribution in [2.75, 3.05) is 14.2 Å². The molecule has 1 amide bonds. The molecule has 1 atom stereocenters. The Hall–Kier alpha value is -2.86. The molecule has 1 aromatic heterocycles. The minimum atomic E-state index is -0.581. The van der Waals surface area contributed by atoms with Gasteiger partial charge in [0.05, 0.1) is 19.1 Å². The van der Waals surface area contributed by atoms with Crippen molar-refractivity contribution in [3.05, 3.63) is 53.4 Å². The van der Waals surface area contributed by atoms with Crippen molar-refractivity contribution in [3.63, 3.8) is 0 Å². The highest BCUT2D eigenvalue weighted by Crippen LogP contribution is 2.42. The predicted octanol–water partition coefficient (Wildman–Crippen LogP) is 4.18. The fraction of sp³-hybridized carbons (Fsp3) is 0.238. The number of methoxy groups -OCH3 is 1. The second kappa shape index (κ2) is 6.39. The average molecular weight is 379 g/mol. The molecule has 4 rings (SSSR count). The van der Waals surface area contributed by atoms with E-state index in [2.05, 4.69) is 29.6 Å². The van der Waals surface area contributed by atoms with Crippen LogP contribution in [0.3, 0.4) is 0 Å². The standard InChI is InChI=1S/C21H21N3O2S/c1-21(12-18(25)24(2)20(22)23-21)17-11-13-7-6-9-15(19(13)27-17)14-8-4-5-10-16(14)26-3/h4-11H,12H2,1-3H3,(H2,22,23)/t21-/m0/s1. The van der Waals surface area contributed by atoms with E-state index in [4.69, 9.17) is 10.1 Å². The third kappa shape index (κ3) is 2.86. The average Bonchev–Trinajstić information content (AvgIpc) is 3.11. The summed E-state index contributed by atoms with van der Waals surface area (Å²) in [4.78, 5) is 14.7. The Labute approximate surface area is 162 Å². The molecule has 0 saturated carbocycles. The minimum Gasteiger partial charge on any atom is -0.496 e. The molecule has 3 aromatic rings. The van der Waals surface area contributed by atoms with E-state index >= 15 is 0 Å². The zero-order valence-electron chi connectivity index (χ0n) is 15.5. The summed E-state index contributed by atoms with van der Waals surface area (Å²) < 4.78 is 6.70. The number of benzene rings is 2. The Kier molecular flexibility index (Phi) is 4.15. The van der Waals surface area contributed by atoms with Gasteiger partial charge in [-0.2, -0.15) is 0 Å². The summed E-state index contributed by atoms with van der Waals surface area (Å²) >= 11 is 1.66. The van der Waals surface area contributed by atoms with Crippen LogP contribution in [0.2, 0.25) is 0 Å². The van der Waals surface area contributed by atoms with Gasteiger partial charge in [-0.15, -0.1) is 11.3 Å². The number of para-hydroxylation sites is 1. The molecule has 27 heavy (non-hydrogen) atoms. The van der Waals surface area contributed by atoms with Crippen LogP contribution in [0.5, 0.6) is 5.75 Å². The summed E-state index contributed by atoms with van der Waals surface area (Å²) in [6.07, 6.45) is 0.322. The van der Waals surface area contributed by atoms with Crippen LogP contribution in [-0.4, -0.2) is 30.9 Å². The summed E-state index contributed by atoms with van der Waals surface area (Å²) in [6, 6.07) is 16.3. The fourth-order valence-corrected chi connectivity index (χ4v) is 4.79. The van der Waals surface area contributed by atoms with Gasteiger partial charge in [-0.1, -0.05) is 36.4 Å². The zero-order valence-corrected chi connectivity index (χ0v) is 16.3. The molecule has 1 fully saturated rings. The van der Waals surface area contributed by atoms with Gasteiger partial charge in [0.2, 0.25) is 5.91 Å². The van der Waals surface area contributed by atoms with E-state index in [1.807, 2.05) is 31.2 Å². The van der Waals surface area contributed by atoms with Gasteiger partial charge >= 0.3 is 0 Å². The van der Waals surface area contributed by atoms with E-state index in [0.717, 1.165) is 31.8 Å². The van der Waals surface area contributed by atoms with E-state index in [9.17, 15) is 4.79 Å². The number of ether oxygens (including phenoxy) is 1. The van der Waals surface area contributed by atoms with Gasteiger partial charge in [0.1, 0.15) is 5.75 Å². The summed E-state index contributed by atoms with van der Waals surface area (Å²) in [5.41, 5.74) is 1.58. The lowest BCUT2D eigenvalue weighted by Gasteiger charge is -2.38. The lowest BCUT2D eigenvalue weighted by Crippen LogP contribution is -2.57. The predicted molar refractivity (Wildman–Crippen MR) is 109 cm³/mol. The number of fused-ring (bicyclic) bond motifs is 1. The van der Waals surface area contributed by atoms with Crippen LogP contribution in [-0.2, 0) is 10.3 Å². The quantitative estimate of drug-likeness (QED) is 0.717. The Bertz CT molecular complexity index is 1040. The molecule has 138 valence electrons. The van der Waals surface area contributed by atoms with E-state index < -0.39 is 5.54 Å². The third-order valence-corrected chi connectivity index (χ3v) is 6.54. The topological polar surface area (TPSA) is 65.4 Å². The monoisotopic (exact) mass is 379 g/mol. The van der Waals surface area contributed by atoms with Crippen molar-refractivity contribution >= 4 is 33.3 Å². The molecule has 0 bridgehead atoms. The molecule has 0 unspecified atom stereocenters. The summed E-state index contributed by atoms with van der Waals surface area (Å²) in [5, 5.41) is 12.4. The van der Waals surface area contributed by atoms with Crippen LogP contribution in [0.4, 0.5) is 0 Å². The Balaban J connectivity index is 1.84. The summed E-state index contributed by atoms with van der Waals surface area (Å²) in [6.45, 7) is 1.99. The molecule has 2 heterocycles. The van der Waals surface area contributed by atoms with Gasteiger partial charge in [0.25, 0.3) is 0 Å². The van der Waals surface area contributed by atoms with Crippen LogP contribution in [0, 0.1) is 5.41 Å². The fourth-order valence-electron chi connectivity index (χ4n) is 3.50. The smallest absolute Gasteiger partial charge is 0.231 e. The number of nitrogens with zero attached hydrogens (tertiary/aromatic N) is 1. The molecule has 0 radical (unpaired) electrons. The van der Waals surface area contributed by atoms with E-state index in [1.54, 1.807) is 25.5 Å². The maximum absolute atomic E-state index is 12.3. The Morgan fingerprint density at radius 1 is 1.19 bits per heavy atom. The van der Waals surface area contributed by atoms with Gasteiger partial charge < -0.3 is 10.1 Å². The van der Waals surface area contributed by atoms with Crippen LogP contribution >= 0.6 is 11.3 Å². The van der Waals surface area contributed by atoms with Crippen molar-refractivity contribution < 1.29 is 9.53 Å². The lowest BCUT2D eigenvalue weighted by molar-refractivity contribution is -0.129. The normalized spacial score (nSPS) is 20.0. The third-order valence-electron chi connectivity index (χ3n) is 5.09. The second-order valence-electron chi connectivity index (χ2n) is 6.97. The highest BCUT2D eigenvalue weighted by molar-refractivity contribution is 7.19. The molecule has 1 aliphatic heterocycles. The van der Waals surface area contributed by atoms with E-state index in [0.29, 0.717) is 6.42 Å². The maximum Gasteiger partial charge on any atom is 0.231 e. The van der Waals surface area contributed by atoms with E-state index in [-0.39, 0.29) is 11.9 Å². The highest BCUT2D eigenvalue weighted by atomic mass is 32.1. The van der Waals surface area contributed by atoms with Crippen LogP contribution in [0.25, 0.3) is 21.2 Å². The first-order chi connectivity index (χ1) is 12.9. The number of guanidine groups is 1. The van der Waals surface area contributed by atoms with Gasteiger partial charge in [-0.25, -0.2) is 0 Å². The molecule has 2 N–H and O–H groups in total. The number of amides is 1. The molecule has 0 spiro atoms. The van der Waals surface area contributed by atoms with Gasteiger partial charge in [0.15, 0.2) is 5.96 Å². The first-order valence-electron chi connectivity index (χ1n) is 8.72. The van der Waals surface area contributed by atoms with Crippen molar-refractivity contribution in [1.29, 1.82) is 5.41 Å². The van der Waals surface area contributed by atoms with Crippen LogP contribution in [0.15, 0.2) is 48.5 Å². The van der Waals surface area contributed by atoms with Crippen molar-refractivity contribution in [1.82, 2.24) is 10.2 Å². The second-order valence-corrected chi connectivity index (χ2v) is 8.02. The minimum absolute atomic E-state index is 0.0522. The van der Waals surface area contributed by atoms with Gasteiger partial charge in [-0.05, 0) is 24.4 Å². The van der Waals surface area contributed by atoms with Crippen molar-refractivity contribution in [2.24, 2.45) is 0 Å². The Morgan fingerprint density at radius 3 is 2.67 bits per heavy atom. The molecule has 0 aliphatic carbocycles. The largest absolute Gasteiger partial charge is 0.496 e. The molecule has 5 nitrogen and oxygen atoms in total. The number of nitrogens with one attached hydrogen (secondary N) is 2. The van der Waals surface area contributed by atoms with Crippen LogP contribution < -0.4 is 10.1 Å². The maximum atomic E-state index is 12.3. The number of rotatable bonds is 3. The van der Waals surface area contributed by atoms with Crippen LogP contribution in [0.1, 0.15) is 18.2 Å². The SMILES string of the molecule is COc1ccccc1-c1cccc2cc([C@]3(C)CC(=O)N(C)C(=N)N3)sc12. The number of hydrogen-bond donors (Lipinski definition) is 2. The number of carbonyl (C=O) groups excluding carboxylic acids is 1. The molecule has 1 aliphatic rings. The van der Waals surface area contributed by atoms with Crippen molar-refractivity contribution in [2.45, 2.75) is 18.9 Å². The van der Waals surface area contributed by atoms with Crippen molar-refractivity contribution in [3.8, 4) is 16.9 Å². The molecule has 2 aromatic carbocycles. The number of thiophene rings is 1. The molecular weight excluding hydrogens is 358 g/mol. The molecule has 1 saturated heterocycles. The summed E-state index contributed by atoms with van der Waals surface area (Å²) in [7, 11) is 3.31. The highest BCUT2D eigenvalue weighted by Gasteiger charge is 2.39. The van der Waals surface area contributed by atoms with Gasteiger partial charge in [-0.3, -0.25) is 15.1 Å². The summed E-state index contributed by atoms with van der Waals surface area (Å²) in [5.74, 6) is 0.917. The molecule has 6 heteroatoms. The lowest BCUT2D eigenvalue weighted by atomic mass is 9.92.